The summed E-state index contributed by atoms with van der Waals surface area (Å²) in [6.45, 7) is 6.38. The van der Waals surface area contributed by atoms with Gasteiger partial charge in [0.15, 0.2) is 0 Å². The van der Waals surface area contributed by atoms with Gasteiger partial charge in [0.1, 0.15) is 0 Å². The van der Waals surface area contributed by atoms with Gasteiger partial charge in [0.2, 0.25) is 0 Å². The number of hydrogen-bond donors (Lipinski definition) is 1. The topological polar surface area (TPSA) is 29.9 Å². The minimum Gasteiger partial charge on any atom is -0.329 e. The molecule has 1 aliphatic carbocycles. The SMILES string of the molecule is Cc1cc2ncn(CCNC3CCCCCC3)c2cc1C. The third kappa shape index (κ3) is 3.46. The first-order valence-electron chi connectivity index (χ1n) is 8.39. The van der Waals surface area contributed by atoms with Crippen molar-refractivity contribution in [2.24, 2.45) is 0 Å². The van der Waals surface area contributed by atoms with Crippen molar-refractivity contribution < 1.29 is 0 Å². The number of aryl methyl sites for hydroxylation is 2. The molecule has 1 fully saturated rings. The summed E-state index contributed by atoms with van der Waals surface area (Å²) < 4.78 is 2.28. The lowest BCUT2D eigenvalue weighted by atomic mass is 10.1. The van der Waals surface area contributed by atoms with Gasteiger partial charge in [-0.2, -0.15) is 0 Å². The molecule has 1 saturated carbocycles. The zero-order valence-corrected chi connectivity index (χ0v) is 13.4. The quantitative estimate of drug-likeness (QED) is 0.862. The third-order valence-electron chi connectivity index (χ3n) is 4.88. The van der Waals surface area contributed by atoms with Gasteiger partial charge in [-0.05, 0) is 49.9 Å². The summed E-state index contributed by atoms with van der Waals surface area (Å²) in [6.07, 6.45) is 10.3. The average molecular weight is 285 g/mol. The maximum absolute atomic E-state index is 4.54. The smallest absolute Gasteiger partial charge is 0.0958 e. The van der Waals surface area contributed by atoms with E-state index in [4.69, 9.17) is 0 Å². The molecular formula is C18H27N3. The second-order valence-corrected chi connectivity index (χ2v) is 6.51. The Morgan fingerprint density at radius 1 is 1.10 bits per heavy atom. The Bertz CT molecular complexity index is 592. The molecule has 1 aromatic heterocycles. The van der Waals surface area contributed by atoms with E-state index < -0.39 is 0 Å². The molecule has 3 nitrogen and oxygen atoms in total. The highest BCUT2D eigenvalue weighted by Crippen LogP contribution is 2.19. The van der Waals surface area contributed by atoms with Crippen molar-refractivity contribution in [3.05, 3.63) is 29.6 Å². The molecular weight excluding hydrogens is 258 g/mol. The largest absolute Gasteiger partial charge is 0.329 e. The third-order valence-corrected chi connectivity index (χ3v) is 4.88. The minimum atomic E-state index is 0.728. The van der Waals surface area contributed by atoms with E-state index in [0.29, 0.717) is 0 Å². The molecule has 0 amide bonds. The van der Waals surface area contributed by atoms with Crippen LogP contribution in [0.3, 0.4) is 0 Å². The summed E-state index contributed by atoms with van der Waals surface area (Å²) in [6, 6.07) is 5.19. The second kappa shape index (κ2) is 6.61. The maximum atomic E-state index is 4.54. The van der Waals surface area contributed by atoms with E-state index in [2.05, 4.69) is 40.8 Å². The van der Waals surface area contributed by atoms with Gasteiger partial charge in [-0.3, -0.25) is 0 Å². The number of hydrogen-bond acceptors (Lipinski definition) is 2. The molecule has 0 saturated heterocycles. The number of nitrogens with one attached hydrogen (secondary N) is 1. The average Bonchev–Trinajstić information content (AvgIpc) is 2.70. The van der Waals surface area contributed by atoms with Crippen LogP contribution in [0.4, 0.5) is 0 Å². The number of imidazole rings is 1. The van der Waals surface area contributed by atoms with Crippen molar-refractivity contribution in [1.29, 1.82) is 0 Å². The molecule has 3 heteroatoms. The fraction of sp³-hybridized carbons (Fsp3) is 0.611. The molecule has 1 N–H and O–H groups in total. The maximum Gasteiger partial charge on any atom is 0.0958 e. The number of nitrogens with zero attached hydrogens (tertiary/aromatic N) is 2. The predicted octanol–water partition coefficient (Wildman–Crippen LogP) is 3.97. The van der Waals surface area contributed by atoms with Crippen molar-refractivity contribution in [2.75, 3.05) is 6.54 Å². The van der Waals surface area contributed by atoms with Crippen molar-refractivity contribution in [1.82, 2.24) is 14.9 Å². The van der Waals surface area contributed by atoms with E-state index in [1.54, 1.807) is 0 Å². The van der Waals surface area contributed by atoms with Crippen LogP contribution in [-0.2, 0) is 6.54 Å². The Morgan fingerprint density at radius 3 is 2.57 bits per heavy atom. The fourth-order valence-electron chi connectivity index (χ4n) is 3.36. The van der Waals surface area contributed by atoms with Crippen molar-refractivity contribution in [2.45, 2.75) is 65.0 Å². The molecule has 2 aromatic rings. The molecule has 0 spiro atoms. The van der Waals surface area contributed by atoms with Crippen molar-refractivity contribution in [3.8, 4) is 0 Å². The summed E-state index contributed by atoms with van der Waals surface area (Å²) in [5, 5.41) is 3.74. The molecule has 0 atom stereocenters. The molecule has 1 aromatic carbocycles. The summed E-state index contributed by atoms with van der Waals surface area (Å²) in [4.78, 5) is 4.54. The van der Waals surface area contributed by atoms with Crippen LogP contribution in [0.5, 0.6) is 0 Å². The normalized spacial score (nSPS) is 17.2. The summed E-state index contributed by atoms with van der Waals surface area (Å²) in [7, 11) is 0. The van der Waals surface area contributed by atoms with E-state index in [1.807, 2.05) is 6.33 Å². The second-order valence-electron chi connectivity index (χ2n) is 6.51. The highest BCUT2D eigenvalue weighted by atomic mass is 15.1. The van der Waals surface area contributed by atoms with Gasteiger partial charge >= 0.3 is 0 Å². The van der Waals surface area contributed by atoms with Crippen LogP contribution in [0.1, 0.15) is 49.7 Å². The minimum absolute atomic E-state index is 0.728. The van der Waals surface area contributed by atoms with Crippen LogP contribution in [0.15, 0.2) is 18.5 Å². The number of rotatable bonds is 4. The molecule has 0 unspecified atom stereocenters. The number of aromatic nitrogens is 2. The Morgan fingerprint density at radius 2 is 1.81 bits per heavy atom. The Labute approximate surface area is 127 Å². The van der Waals surface area contributed by atoms with Gasteiger partial charge in [-0.25, -0.2) is 4.98 Å². The lowest BCUT2D eigenvalue weighted by Gasteiger charge is -2.16. The Hall–Kier alpha value is -1.35. The first-order valence-corrected chi connectivity index (χ1v) is 8.39. The van der Waals surface area contributed by atoms with E-state index in [9.17, 15) is 0 Å². The van der Waals surface area contributed by atoms with Gasteiger partial charge < -0.3 is 9.88 Å². The van der Waals surface area contributed by atoms with Crippen LogP contribution in [0.25, 0.3) is 11.0 Å². The molecule has 21 heavy (non-hydrogen) atoms. The molecule has 0 aliphatic heterocycles. The standard InChI is InChI=1S/C18H27N3/c1-14-11-17-18(12-15(14)2)21(13-20-17)10-9-19-16-7-5-3-4-6-8-16/h11-13,16,19H,3-10H2,1-2H3. The molecule has 114 valence electrons. The molecule has 1 heterocycles. The van der Waals surface area contributed by atoms with Crippen LogP contribution in [-0.4, -0.2) is 22.1 Å². The molecule has 0 bridgehead atoms. The zero-order chi connectivity index (χ0) is 14.7. The molecule has 3 rings (SSSR count). The summed E-state index contributed by atoms with van der Waals surface area (Å²) >= 11 is 0. The van der Waals surface area contributed by atoms with E-state index >= 15 is 0 Å². The van der Waals surface area contributed by atoms with E-state index in [1.165, 1.54) is 55.2 Å². The first-order chi connectivity index (χ1) is 10.2. The lowest BCUT2D eigenvalue weighted by molar-refractivity contribution is 0.447. The van der Waals surface area contributed by atoms with Gasteiger partial charge in [0, 0.05) is 19.1 Å². The van der Waals surface area contributed by atoms with Crippen LogP contribution in [0, 0.1) is 13.8 Å². The number of fused-ring (bicyclic) bond motifs is 1. The Kier molecular flexibility index (Phi) is 4.59. The van der Waals surface area contributed by atoms with Crippen molar-refractivity contribution >= 4 is 11.0 Å². The van der Waals surface area contributed by atoms with Gasteiger partial charge in [-0.1, -0.05) is 25.7 Å². The highest BCUT2D eigenvalue weighted by molar-refractivity contribution is 5.77. The zero-order valence-electron chi connectivity index (χ0n) is 13.4. The van der Waals surface area contributed by atoms with Crippen molar-refractivity contribution in [3.63, 3.8) is 0 Å². The Balaban J connectivity index is 1.61. The molecule has 0 radical (unpaired) electrons. The number of benzene rings is 1. The highest BCUT2D eigenvalue weighted by Gasteiger charge is 2.11. The van der Waals surface area contributed by atoms with Gasteiger partial charge in [0.25, 0.3) is 0 Å². The first kappa shape index (κ1) is 14.6. The summed E-state index contributed by atoms with van der Waals surface area (Å²) in [5.41, 5.74) is 5.05. The van der Waals surface area contributed by atoms with Crippen LogP contribution < -0.4 is 5.32 Å². The fourth-order valence-corrected chi connectivity index (χ4v) is 3.36. The van der Waals surface area contributed by atoms with Gasteiger partial charge in [0.05, 0.1) is 17.4 Å². The molecule has 1 aliphatic rings. The van der Waals surface area contributed by atoms with Crippen LogP contribution in [0.2, 0.25) is 0 Å². The van der Waals surface area contributed by atoms with E-state index in [0.717, 1.165) is 24.6 Å². The monoisotopic (exact) mass is 285 g/mol. The van der Waals surface area contributed by atoms with Gasteiger partial charge in [-0.15, -0.1) is 0 Å². The lowest BCUT2D eigenvalue weighted by Crippen LogP contribution is -2.31. The van der Waals surface area contributed by atoms with E-state index in [-0.39, 0.29) is 0 Å². The van der Waals surface area contributed by atoms with Crippen LogP contribution >= 0.6 is 0 Å². The summed E-state index contributed by atoms with van der Waals surface area (Å²) in [5.74, 6) is 0. The predicted molar refractivity (Wildman–Crippen MR) is 88.7 cm³/mol.